The van der Waals surface area contributed by atoms with E-state index in [-0.39, 0.29) is 18.4 Å². The summed E-state index contributed by atoms with van der Waals surface area (Å²) in [5.74, 6) is -0.743. The molecular weight excluding hydrogens is 222 g/mol. The van der Waals surface area contributed by atoms with Crippen LogP contribution in [0.3, 0.4) is 0 Å². The third-order valence-electron chi connectivity index (χ3n) is 2.80. The first-order chi connectivity index (χ1) is 7.94. The SMILES string of the molecule is C=CCNC(=O)CN1C(=O)NC(C)(CC)C1=O. The third kappa shape index (κ3) is 2.64. The Labute approximate surface area is 100 Å². The molecule has 1 fully saturated rings. The maximum Gasteiger partial charge on any atom is 0.325 e. The lowest BCUT2D eigenvalue weighted by Gasteiger charge is -2.18. The van der Waals surface area contributed by atoms with E-state index in [0.717, 1.165) is 4.90 Å². The average molecular weight is 239 g/mol. The van der Waals surface area contributed by atoms with Crippen LogP contribution >= 0.6 is 0 Å². The lowest BCUT2D eigenvalue weighted by atomic mass is 9.99. The molecule has 0 aromatic carbocycles. The molecule has 1 aliphatic heterocycles. The van der Waals surface area contributed by atoms with Gasteiger partial charge in [-0.25, -0.2) is 4.79 Å². The highest BCUT2D eigenvalue weighted by molar-refractivity contribution is 6.08. The molecule has 1 heterocycles. The highest BCUT2D eigenvalue weighted by Crippen LogP contribution is 2.20. The van der Waals surface area contributed by atoms with Crippen molar-refractivity contribution in [2.45, 2.75) is 25.8 Å². The zero-order valence-electron chi connectivity index (χ0n) is 10.1. The Morgan fingerprint density at radius 1 is 1.59 bits per heavy atom. The molecule has 0 bridgehead atoms. The predicted octanol–water partition coefficient (Wildman–Crippen LogP) is 0.00910. The van der Waals surface area contributed by atoms with Crippen molar-refractivity contribution in [1.82, 2.24) is 15.5 Å². The molecule has 2 N–H and O–H groups in total. The quantitative estimate of drug-likeness (QED) is 0.524. The van der Waals surface area contributed by atoms with Gasteiger partial charge >= 0.3 is 6.03 Å². The Hall–Kier alpha value is -1.85. The van der Waals surface area contributed by atoms with Crippen molar-refractivity contribution >= 4 is 17.8 Å². The van der Waals surface area contributed by atoms with Crippen LogP contribution in [0.5, 0.6) is 0 Å². The third-order valence-corrected chi connectivity index (χ3v) is 2.80. The van der Waals surface area contributed by atoms with E-state index in [1.165, 1.54) is 6.08 Å². The normalized spacial score (nSPS) is 23.5. The van der Waals surface area contributed by atoms with Gasteiger partial charge in [0.2, 0.25) is 5.91 Å². The number of carbonyl (C=O) groups excluding carboxylic acids is 3. The van der Waals surface area contributed by atoms with Gasteiger partial charge in [0.25, 0.3) is 5.91 Å². The molecule has 0 spiro atoms. The van der Waals surface area contributed by atoms with Crippen molar-refractivity contribution in [1.29, 1.82) is 0 Å². The first-order valence-electron chi connectivity index (χ1n) is 5.46. The monoisotopic (exact) mass is 239 g/mol. The van der Waals surface area contributed by atoms with Crippen LogP contribution in [0.25, 0.3) is 0 Å². The van der Waals surface area contributed by atoms with Gasteiger partial charge in [-0.05, 0) is 13.3 Å². The minimum atomic E-state index is -0.893. The lowest BCUT2D eigenvalue weighted by Crippen LogP contribution is -2.44. The molecule has 6 nitrogen and oxygen atoms in total. The second-order valence-corrected chi connectivity index (χ2v) is 4.10. The predicted molar refractivity (Wildman–Crippen MR) is 62.1 cm³/mol. The van der Waals surface area contributed by atoms with Crippen molar-refractivity contribution in [3.8, 4) is 0 Å². The van der Waals surface area contributed by atoms with Gasteiger partial charge in [0, 0.05) is 6.54 Å². The molecule has 94 valence electrons. The van der Waals surface area contributed by atoms with Gasteiger partial charge < -0.3 is 10.6 Å². The summed E-state index contributed by atoms with van der Waals surface area (Å²) in [5.41, 5.74) is -0.893. The van der Waals surface area contributed by atoms with Crippen molar-refractivity contribution in [2.24, 2.45) is 0 Å². The molecule has 0 radical (unpaired) electrons. The van der Waals surface area contributed by atoms with Gasteiger partial charge in [-0.2, -0.15) is 0 Å². The number of hydrogen-bond acceptors (Lipinski definition) is 3. The molecule has 1 rings (SSSR count). The fourth-order valence-corrected chi connectivity index (χ4v) is 1.52. The number of hydrogen-bond donors (Lipinski definition) is 2. The number of urea groups is 1. The minimum Gasteiger partial charge on any atom is -0.351 e. The summed E-state index contributed by atoms with van der Waals surface area (Å²) in [6, 6.07) is -0.520. The number of carbonyl (C=O) groups is 3. The van der Waals surface area contributed by atoms with Crippen LogP contribution in [0.15, 0.2) is 12.7 Å². The summed E-state index contributed by atoms with van der Waals surface area (Å²) in [4.78, 5) is 35.8. The Kier molecular flexibility index (Phi) is 3.88. The van der Waals surface area contributed by atoms with E-state index in [1.807, 2.05) is 0 Å². The molecule has 0 aliphatic carbocycles. The smallest absolute Gasteiger partial charge is 0.325 e. The molecule has 1 saturated heterocycles. The average Bonchev–Trinajstić information content (AvgIpc) is 2.51. The van der Waals surface area contributed by atoms with Crippen LogP contribution < -0.4 is 10.6 Å². The first-order valence-corrected chi connectivity index (χ1v) is 5.46. The summed E-state index contributed by atoms with van der Waals surface area (Å²) in [6.45, 7) is 6.97. The fourth-order valence-electron chi connectivity index (χ4n) is 1.52. The molecule has 6 heteroatoms. The highest BCUT2D eigenvalue weighted by Gasteiger charge is 2.46. The van der Waals surface area contributed by atoms with E-state index in [0.29, 0.717) is 13.0 Å². The molecule has 0 saturated carbocycles. The van der Waals surface area contributed by atoms with Crippen LogP contribution in [0.2, 0.25) is 0 Å². The zero-order valence-corrected chi connectivity index (χ0v) is 10.1. The number of rotatable bonds is 5. The van der Waals surface area contributed by atoms with Crippen LogP contribution in [0, 0.1) is 0 Å². The van der Waals surface area contributed by atoms with E-state index in [1.54, 1.807) is 13.8 Å². The summed E-state index contributed by atoms with van der Waals surface area (Å²) in [7, 11) is 0. The molecule has 0 aromatic heterocycles. The number of amides is 4. The Morgan fingerprint density at radius 2 is 2.24 bits per heavy atom. The summed E-state index contributed by atoms with van der Waals surface area (Å²) >= 11 is 0. The van der Waals surface area contributed by atoms with E-state index in [9.17, 15) is 14.4 Å². The van der Waals surface area contributed by atoms with E-state index >= 15 is 0 Å². The summed E-state index contributed by atoms with van der Waals surface area (Å²) in [5, 5.41) is 5.09. The fraction of sp³-hybridized carbons (Fsp3) is 0.545. The maximum atomic E-state index is 11.9. The second-order valence-electron chi connectivity index (χ2n) is 4.10. The van der Waals surface area contributed by atoms with Gasteiger partial charge in [0.05, 0.1) is 0 Å². The number of nitrogens with one attached hydrogen (secondary N) is 2. The van der Waals surface area contributed by atoms with Gasteiger partial charge in [-0.1, -0.05) is 13.0 Å². The van der Waals surface area contributed by atoms with E-state index < -0.39 is 11.6 Å². The van der Waals surface area contributed by atoms with Crippen molar-refractivity contribution in [3.05, 3.63) is 12.7 Å². The summed E-state index contributed by atoms with van der Waals surface area (Å²) in [6.07, 6.45) is 2.02. The number of nitrogens with zero attached hydrogens (tertiary/aromatic N) is 1. The minimum absolute atomic E-state index is 0.256. The summed E-state index contributed by atoms with van der Waals surface area (Å²) < 4.78 is 0. The highest BCUT2D eigenvalue weighted by atomic mass is 16.2. The Morgan fingerprint density at radius 3 is 2.71 bits per heavy atom. The van der Waals surface area contributed by atoms with Crippen molar-refractivity contribution in [3.63, 3.8) is 0 Å². The van der Waals surface area contributed by atoms with Gasteiger partial charge in [-0.3, -0.25) is 14.5 Å². The van der Waals surface area contributed by atoms with E-state index in [4.69, 9.17) is 0 Å². The molecule has 1 aliphatic rings. The first kappa shape index (κ1) is 13.2. The molecule has 1 atom stereocenters. The van der Waals surface area contributed by atoms with Crippen LogP contribution in [-0.4, -0.2) is 41.4 Å². The zero-order chi connectivity index (χ0) is 13.1. The van der Waals surface area contributed by atoms with Crippen LogP contribution in [0.4, 0.5) is 4.79 Å². The largest absolute Gasteiger partial charge is 0.351 e. The molecule has 4 amide bonds. The molecule has 0 aromatic rings. The topological polar surface area (TPSA) is 78.5 Å². The van der Waals surface area contributed by atoms with Gasteiger partial charge in [-0.15, -0.1) is 6.58 Å². The second kappa shape index (κ2) is 4.99. The standard InChI is InChI=1S/C11H17N3O3/c1-4-6-12-8(15)7-14-9(16)11(3,5-2)13-10(14)17/h4H,1,5-7H2,2-3H3,(H,12,15)(H,13,17). The van der Waals surface area contributed by atoms with Gasteiger partial charge in [0.15, 0.2) is 0 Å². The Balaban J connectivity index is 2.66. The lowest BCUT2D eigenvalue weighted by molar-refractivity contribution is -0.134. The Bertz CT molecular complexity index is 367. The van der Waals surface area contributed by atoms with Crippen LogP contribution in [0.1, 0.15) is 20.3 Å². The maximum absolute atomic E-state index is 11.9. The molecule has 1 unspecified atom stereocenters. The molecule has 17 heavy (non-hydrogen) atoms. The number of imide groups is 1. The van der Waals surface area contributed by atoms with Gasteiger partial charge in [0.1, 0.15) is 12.1 Å². The molecular formula is C11H17N3O3. The van der Waals surface area contributed by atoms with Crippen LogP contribution in [-0.2, 0) is 9.59 Å². The van der Waals surface area contributed by atoms with Crippen molar-refractivity contribution < 1.29 is 14.4 Å². The van der Waals surface area contributed by atoms with E-state index in [2.05, 4.69) is 17.2 Å². The van der Waals surface area contributed by atoms with Crippen molar-refractivity contribution in [2.75, 3.05) is 13.1 Å².